The summed E-state index contributed by atoms with van der Waals surface area (Å²) < 4.78 is 4.60. The number of fused-ring (bicyclic) bond motifs is 6. The van der Waals surface area contributed by atoms with Gasteiger partial charge in [-0.25, -0.2) is 4.98 Å². The summed E-state index contributed by atoms with van der Waals surface area (Å²) in [7, 11) is 0. The lowest BCUT2D eigenvalue weighted by Gasteiger charge is -2.11. The van der Waals surface area contributed by atoms with Crippen molar-refractivity contribution in [3.8, 4) is 11.5 Å². The smallest absolute Gasteiger partial charge is 0.138 e. The number of pyridine rings is 1. The van der Waals surface area contributed by atoms with Crippen LogP contribution in [0.2, 0.25) is 0 Å². The van der Waals surface area contributed by atoms with Crippen LogP contribution in [0.15, 0.2) is 115 Å². The van der Waals surface area contributed by atoms with E-state index < -0.39 is 0 Å². The summed E-state index contributed by atoms with van der Waals surface area (Å²) in [6.45, 7) is 0. The molecule has 0 aliphatic carbocycles. The van der Waals surface area contributed by atoms with Crippen LogP contribution in [0.5, 0.6) is 0 Å². The van der Waals surface area contributed by atoms with E-state index in [4.69, 9.17) is 4.98 Å². The topological polar surface area (TPSA) is 22.8 Å². The van der Waals surface area contributed by atoms with Gasteiger partial charge in [-0.2, -0.15) is 0 Å². The van der Waals surface area contributed by atoms with Crippen molar-refractivity contribution in [2.24, 2.45) is 0 Å². The highest BCUT2D eigenvalue weighted by Gasteiger charge is 2.18. The Morgan fingerprint density at radius 2 is 1.31 bits per heavy atom. The number of hydrogen-bond donors (Lipinski definition) is 0. The van der Waals surface area contributed by atoms with Gasteiger partial charge in [0.2, 0.25) is 0 Å². The Kier molecular flexibility index (Phi) is 3.55. The van der Waals surface area contributed by atoms with Gasteiger partial charge in [0.15, 0.2) is 0 Å². The Labute approximate surface area is 184 Å². The molecular weight excluding hydrogens is 390 g/mol. The van der Waals surface area contributed by atoms with Gasteiger partial charge >= 0.3 is 0 Å². The van der Waals surface area contributed by atoms with Crippen molar-refractivity contribution in [2.75, 3.05) is 0 Å². The second-order valence-corrected chi connectivity index (χ2v) is 8.14. The van der Waals surface area contributed by atoms with E-state index in [2.05, 4.69) is 118 Å². The average Bonchev–Trinajstić information content (AvgIpc) is 3.43. The summed E-state index contributed by atoms with van der Waals surface area (Å²) in [5.74, 6) is 0.934. The van der Waals surface area contributed by atoms with Crippen LogP contribution in [0.4, 0.5) is 0 Å². The van der Waals surface area contributed by atoms with E-state index in [0.717, 1.165) is 22.4 Å². The highest BCUT2D eigenvalue weighted by atomic mass is 15.1. The Bertz CT molecular complexity index is 1770. The van der Waals surface area contributed by atoms with Gasteiger partial charge in [0, 0.05) is 33.4 Å². The molecule has 150 valence electrons. The molecule has 0 N–H and O–H groups in total. The van der Waals surface area contributed by atoms with Crippen molar-refractivity contribution >= 4 is 43.6 Å². The van der Waals surface area contributed by atoms with Crippen molar-refractivity contribution in [3.63, 3.8) is 0 Å². The van der Waals surface area contributed by atoms with Crippen molar-refractivity contribution < 1.29 is 0 Å². The fourth-order valence-corrected chi connectivity index (χ4v) is 4.89. The minimum atomic E-state index is 0.934. The molecule has 4 aromatic carbocycles. The third-order valence-electron chi connectivity index (χ3n) is 6.33. The predicted octanol–water partition coefficient (Wildman–Crippen LogP) is 7.28. The zero-order valence-corrected chi connectivity index (χ0v) is 17.3. The first-order valence-electron chi connectivity index (χ1n) is 10.8. The number of para-hydroxylation sites is 3. The molecule has 0 amide bonds. The largest absolute Gasteiger partial charge is 0.315 e. The van der Waals surface area contributed by atoms with Gasteiger partial charge in [-0.05, 0) is 42.5 Å². The summed E-state index contributed by atoms with van der Waals surface area (Å²) in [5, 5.41) is 4.83. The van der Waals surface area contributed by atoms with Gasteiger partial charge in [0.25, 0.3) is 0 Å². The highest BCUT2D eigenvalue weighted by molar-refractivity contribution is 6.18. The van der Waals surface area contributed by atoms with E-state index in [0.29, 0.717) is 0 Å². The molecule has 0 aliphatic heterocycles. The van der Waals surface area contributed by atoms with E-state index in [9.17, 15) is 0 Å². The summed E-state index contributed by atoms with van der Waals surface area (Å²) in [4.78, 5) is 5.07. The lowest BCUT2D eigenvalue weighted by atomic mass is 10.1. The molecule has 3 nitrogen and oxygen atoms in total. The van der Waals surface area contributed by atoms with Crippen LogP contribution in [0, 0.1) is 0 Å². The molecule has 3 heteroatoms. The first-order valence-corrected chi connectivity index (χ1v) is 10.8. The third kappa shape index (κ3) is 2.39. The third-order valence-corrected chi connectivity index (χ3v) is 6.33. The molecule has 7 rings (SSSR count). The minimum absolute atomic E-state index is 0.934. The number of nitrogens with zero attached hydrogens (tertiary/aromatic N) is 3. The molecule has 0 aliphatic rings. The molecule has 32 heavy (non-hydrogen) atoms. The van der Waals surface area contributed by atoms with Crippen LogP contribution in [0.1, 0.15) is 0 Å². The summed E-state index contributed by atoms with van der Waals surface area (Å²) in [5.41, 5.74) is 5.69. The summed E-state index contributed by atoms with van der Waals surface area (Å²) >= 11 is 0. The first-order chi connectivity index (χ1) is 15.9. The molecule has 0 unspecified atom stereocenters. The van der Waals surface area contributed by atoms with E-state index >= 15 is 0 Å². The van der Waals surface area contributed by atoms with Crippen molar-refractivity contribution in [3.05, 3.63) is 115 Å². The van der Waals surface area contributed by atoms with Crippen LogP contribution in [0.3, 0.4) is 0 Å². The van der Waals surface area contributed by atoms with Crippen LogP contribution in [0.25, 0.3) is 55.1 Å². The SMILES string of the molecule is c1ccc(-n2ccc3ccc4c5ccccc5n(-c5ccc6ccccc6n5)c4c32)cc1. The number of hydrogen-bond acceptors (Lipinski definition) is 1. The second-order valence-electron chi connectivity index (χ2n) is 8.14. The maximum absolute atomic E-state index is 5.07. The fourth-order valence-electron chi connectivity index (χ4n) is 4.89. The number of benzene rings is 4. The molecule has 0 atom stereocenters. The van der Waals surface area contributed by atoms with E-state index in [1.165, 1.54) is 32.7 Å². The van der Waals surface area contributed by atoms with Gasteiger partial charge < -0.3 is 4.57 Å². The molecule has 0 bridgehead atoms. The number of aromatic nitrogens is 3. The lowest BCUT2D eigenvalue weighted by molar-refractivity contribution is 1.09. The van der Waals surface area contributed by atoms with E-state index in [-0.39, 0.29) is 0 Å². The molecule has 0 radical (unpaired) electrons. The Hall–Kier alpha value is -4.37. The quantitative estimate of drug-likeness (QED) is 0.294. The Morgan fingerprint density at radius 3 is 2.25 bits per heavy atom. The van der Waals surface area contributed by atoms with Crippen molar-refractivity contribution in [1.82, 2.24) is 14.1 Å². The minimum Gasteiger partial charge on any atom is -0.315 e. The zero-order chi connectivity index (χ0) is 21.1. The highest BCUT2D eigenvalue weighted by Crippen LogP contribution is 2.37. The lowest BCUT2D eigenvalue weighted by Crippen LogP contribution is -2.00. The van der Waals surface area contributed by atoms with Gasteiger partial charge in [-0.1, -0.05) is 66.7 Å². The van der Waals surface area contributed by atoms with E-state index in [1.54, 1.807) is 0 Å². The van der Waals surface area contributed by atoms with Crippen LogP contribution in [-0.4, -0.2) is 14.1 Å². The van der Waals surface area contributed by atoms with E-state index in [1.807, 2.05) is 6.07 Å². The standard InChI is InChI=1S/C29H19N3/c1-2-9-22(10-3-1)31-19-18-21-14-16-24-23-11-5-7-13-26(23)32(29(24)28(21)31)27-17-15-20-8-4-6-12-25(20)30-27/h1-19H. The van der Waals surface area contributed by atoms with Crippen molar-refractivity contribution in [2.45, 2.75) is 0 Å². The molecule has 3 aromatic heterocycles. The maximum atomic E-state index is 5.07. The molecule has 0 saturated carbocycles. The van der Waals surface area contributed by atoms with Crippen LogP contribution >= 0.6 is 0 Å². The Balaban J connectivity index is 1.68. The van der Waals surface area contributed by atoms with Crippen LogP contribution < -0.4 is 0 Å². The van der Waals surface area contributed by atoms with Gasteiger partial charge in [-0.15, -0.1) is 0 Å². The predicted molar refractivity (Wildman–Crippen MR) is 133 cm³/mol. The van der Waals surface area contributed by atoms with Crippen LogP contribution in [-0.2, 0) is 0 Å². The first kappa shape index (κ1) is 17.3. The molecule has 7 aromatic rings. The monoisotopic (exact) mass is 409 g/mol. The molecule has 0 spiro atoms. The van der Waals surface area contributed by atoms with Gasteiger partial charge in [0.05, 0.1) is 22.1 Å². The average molecular weight is 409 g/mol. The molecule has 3 heterocycles. The maximum Gasteiger partial charge on any atom is 0.138 e. The molecular formula is C29H19N3. The normalized spacial score (nSPS) is 11.8. The summed E-state index contributed by atoms with van der Waals surface area (Å²) in [6, 6.07) is 38.4. The summed E-state index contributed by atoms with van der Waals surface area (Å²) in [6.07, 6.45) is 2.16. The Morgan fingerprint density at radius 1 is 0.531 bits per heavy atom. The molecule has 0 fully saturated rings. The zero-order valence-electron chi connectivity index (χ0n) is 17.3. The van der Waals surface area contributed by atoms with Crippen molar-refractivity contribution in [1.29, 1.82) is 0 Å². The number of rotatable bonds is 2. The fraction of sp³-hybridized carbons (Fsp3) is 0. The van der Waals surface area contributed by atoms with Gasteiger partial charge in [0.1, 0.15) is 5.82 Å². The second kappa shape index (κ2) is 6.56. The van der Waals surface area contributed by atoms with Gasteiger partial charge in [-0.3, -0.25) is 4.57 Å². The molecule has 0 saturated heterocycles.